The Hall–Kier alpha value is -2.06. The van der Waals surface area contributed by atoms with Crippen LogP contribution in [0.4, 0.5) is 16.2 Å². The van der Waals surface area contributed by atoms with Crippen molar-refractivity contribution in [2.24, 2.45) is 0 Å². The van der Waals surface area contributed by atoms with Gasteiger partial charge in [-0.15, -0.1) is 0 Å². The van der Waals surface area contributed by atoms with Gasteiger partial charge in [-0.05, 0) is 35.1 Å². The molecule has 0 aliphatic carbocycles. The number of benzene rings is 1. The smallest absolute Gasteiger partial charge is 0.320 e. The van der Waals surface area contributed by atoms with Gasteiger partial charge in [0.1, 0.15) is 0 Å². The van der Waals surface area contributed by atoms with Gasteiger partial charge in [0.05, 0.1) is 17.6 Å². The second kappa shape index (κ2) is 6.21. The number of anilines is 2. The molecule has 1 aliphatic rings. The van der Waals surface area contributed by atoms with Crippen molar-refractivity contribution in [2.75, 3.05) is 22.8 Å². The van der Waals surface area contributed by atoms with Crippen LogP contribution >= 0.6 is 11.3 Å². The molecule has 3 rings (SSSR count). The minimum Gasteiger partial charge on any atom is -0.320 e. The molecule has 2 N–H and O–H groups in total. The molecular formula is C15H17N3O3S2. The van der Waals surface area contributed by atoms with Crippen molar-refractivity contribution >= 4 is 38.8 Å². The molecule has 0 saturated carbocycles. The molecule has 0 fully saturated rings. The van der Waals surface area contributed by atoms with Gasteiger partial charge in [-0.25, -0.2) is 13.2 Å². The van der Waals surface area contributed by atoms with Crippen molar-refractivity contribution in [1.29, 1.82) is 0 Å². The van der Waals surface area contributed by atoms with Crippen LogP contribution in [0.3, 0.4) is 0 Å². The van der Waals surface area contributed by atoms with Gasteiger partial charge in [0.15, 0.2) is 0 Å². The molecule has 2 aromatic rings. The lowest BCUT2D eigenvalue weighted by molar-refractivity contribution is 0.206. The van der Waals surface area contributed by atoms with Gasteiger partial charge >= 0.3 is 6.03 Å². The van der Waals surface area contributed by atoms with E-state index in [1.165, 1.54) is 11.3 Å². The monoisotopic (exact) mass is 351 g/mol. The Labute approximate surface area is 139 Å². The van der Waals surface area contributed by atoms with Crippen molar-refractivity contribution in [3.05, 3.63) is 46.2 Å². The van der Waals surface area contributed by atoms with E-state index in [0.717, 1.165) is 23.1 Å². The Morgan fingerprint density at radius 2 is 2.13 bits per heavy atom. The molecule has 0 bridgehead atoms. The Balaban J connectivity index is 1.76. The molecule has 2 heterocycles. The largest absolute Gasteiger partial charge is 0.322 e. The fourth-order valence-corrected chi connectivity index (χ4v) is 3.79. The standard InChI is InChI=1S/C15H17N3O3S2/c1-23(20,21)17-14-4-2-3-11-9-18(7-5-13(11)14)15(19)16-12-6-8-22-10-12/h2-4,6,8,10,17H,5,7,9H2,1H3,(H,16,19). The van der Waals surface area contributed by atoms with Gasteiger partial charge in [-0.1, -0.05) is 12.1 Å². The summed E-state index contributed by atoms with van der Waals surface area (Å²) in [5.41, 5.74) is 3.31. The molecule has 0 saturated heterocycles. The van der Waals surface area contributed by atoms with E-state index in [1.54, 1.807) is 17.0 Å². The molecule has 0 atom stereocenters. The van der Waals surface area contributed by atoms with E-state index in [2.05, 4.69) is 10.0 Å². The van der Waals surface area contributed by atoms with Gasteiger partial charge in [-0.3, -0.25) is 4.72 Å². The zero-order valence-electron chi connectivity index (χ0n) is 12.6. The van der Waals surface area contributed by atoms with Crippen molar-refractivity contribution in [3.8, 4) is 0 Å². The molecule has 0 spiro atoms. The van der Waals surface area contributed by atoms with E-state index < -0.39 is 10.0 Å². The van der Waals surface area contributed by atoms with E-state index in [9.17, 15) is 13.2 Å². The maximum Gasteiger partial charge on any atom is 0.322 e. The number of hydrogen-bond donors (Lipinski definition) is 2. The summed E-state index contributed by atoms with van der Waals surface area (Å²) < 4.78 is 25.4. The molecule has 1 aromatic heterocycles. The molecule has 0 unspecified atom stereocenters. The number of amides is 2. The number of hydrogen-bond acceptors (Lipinski definition) is 4. The van der Waals surface area contributed by atoms with Gasteiger partial charge in [-0.2, -0.15) is 11.3 Å². The Bertz CT molecular complexity index is 816. The van der Waals surface area contributed by atoms with E-state index in [-0.39, 0.29) is 6.03 Å². The van der Waals surface area contributed by atoms with Gasteiger partial charge in [0, 0.05) is 18.5 Å². The quantitative estimate of drug-likeness (QED) is 0.892. The van der Waals surface area contributed by atoms with Gasteiger partial charge in [0.2, 0.25) is 10.0 Å². The summed E-state index contributed by atoms with van der Waals surface area (Å²) in [5.74, 6) is 0. The highest BCUT2D eigenvalue weighted by Gasteiger charge is 2.23. The summed E-state index contributed by atoms with van der Waals surface area (Å²) in [6.07, 6.45) is 1.75. The van der Waals surface area contributed by atoms with Crippen LogP contribution in [-0.2, 0) is 23.0 Å². The first-order valence-corrected chi connectivity index (χ1v) is 9.92. The molecular weight excluding hydrogens is 334 g/mol. The number of rotatable bonds is 3. The highest BCUT2D eigenvalue weighted by molar-refractivity contribution is 7.92. The fourth-order valence-electron chi connectivity index (χ4n) is 2.62. The second-order valence-electron chi connectivity index (χ2n) is 5.43. The number of thiophene rings is 1. The van der Waals surface area contributed by atoms with Crippen LogP contribution in [0.25, 0.3) is 0 Å². The number of sulfonamides is 1. The Kier molecular flexibility index (Phi) is 4.27. The molecule has 0 radical (unpaired) electrons. The highest BCUT2D eigenvalue weighted by Crippen LogP contribution is 2.27. The molecule has 23 heavy (non-hydrogen) atoms. The van der Waals surface area contributed by atoms with E-state index >= 15 is 0 Å². The van der Waals surface area contributed by atoms with Crippen molar-refractivity contribution in [1.82, 2.24) is 4.90 Å². The van der Waals surface area contributed by atoms with E-state index in [1.807, 2.05) is 22.9 Å². The number of urea groups is 1. The lowest BCUT2D eigenvalue weighted by Gasteiger charge is -2.30. The third-order valence-corrected chi connectivity index (χ3v) is 4.89. The Morgan fingerprint density at radius 1 is 1.30 bits per heavy atom. The summed E-state index contributed by atoms with van der Waals surface area (Å²) in [4.78, 5) is 14.0. The second-order valence-corrected chi connectivity index (χ2v) is 7.96. The minimum absolute atomic E-state index is 0.143. The lowest BCUT2D eigenvalue weighted by Crippen LogP contribution is -2.39. The number of fused-ring (bicyclic) bond motifs is 1. The first-order valence-electron chi connectivity index (χ1n) is 7.09. The van der Waals surface area contributed by atoms with Crippen LogP contribution < -0.4 is 10.0 Å². The zero-order chi connectivity index (χ0) is 16.4. The van der Waals surface area contributed by atoms with Gasteiger partial charge < -0.3 is 10.2 Å². The topological polar surface area (TPSA) is 78.5 Å². The predicted molar refractivity (Wildman–Crippen MR) is 92.4 cm³/mol. The minimum atomic E-state index is -3.32. The van der Waals surface area contributed by atoms with Crippen molar-refractivity contribution in [2.45, 2.75) is 13.0 Å². The van der Waals surface area contributed by atoms with Crippen LogP contribution in [0, 0.1) is 0 Å². The predicted octanol–water partition coefficient (Wildman–Crippen LogP) is 2.71. The molecule has 8 heteroatoms. The summed E-state index contributed by atoms with van der Waals surface area (Å²) in [6.45, 7) is 1.01. The molecule has 2 amide bonds. The fraction of sp³-hybridized carbons (Fsp3) is 0.267. The lowest BCUT2D eigenvalue weighted by atomic mass is 9.98. The van der Waals surface area contributed by atoms with Crippen LogP contribution in [0.1, 0.15) is 11.1 Å². The normalized spacial score (nSPS) is 14.2. The van der Waals surface area contributed by atoms with E-state index in [4.69, 9.17) is 0 Å². The van der Waals surface area contributed by atoms with Crippen molar-refractivity contribution < 1.29 is 13.2 Å². The molecule has 1 aliphatic heterocycles. The van der Waals surface area contributed by atoms with Crippen molar-refractivity contribution in [3.63, 3.8) is 0 Å². The molecule has 122 valence electrons. The maximum atomic E-state index is 12.3. The van der Waals surface area contributed by atoms with Crippen LogP contribution in [-0.4, -0.2) is 32.1 Å². The highest BCUT2D eigenvalue weighted by atomic mass is 32.2. The average Bonchev–Trinajstić information content (AvgIpc) is 2.98. The first-order chi connectivity index (χ1) is 10.9. The first kappa shape index (κ1) is 15.8. The maximum absolute atomic E-state index is 12.3. The molecule has 1 aromatic carbocycles. The summed E-state index contributed by atoms with van der Waals surface area (Å²) in [7, 11) is -3.32. The zero-order valence-corrected chi connectivity index (χ0v) is 14.2. The third kappa shape index (κ3) is 3.83. The Morgan fingerprint density at radius 3 is 2.83 bits per heavy atom. The van der Waals surface area contributed by atoms with E-state index in [0.29, 0.717) is 25.2 Å². The van der Waals surface area contributed by atoms with Crippen LogP contribution in [0.5, 0.6) is 0 Å². The number of nitrogens with one attached hydrogen (secondary N) is 2. The number of nitrogens with zero attached hydrogens (tertiary/aromatic N) is 1. The summed E-state index contributed by atoms with van der Waals surface area (Å²) in [5, 5.41) is 6.65. The number of carbonyl (C=O) groups is 1. The number of carbonyl (C=O) groups excluding carboxylic acids is 1. The van der Waals surface area contributed by atoms with Crippen LogP contribution in [0.15, 0.2) is 35.0 Å². The van der Waals surface area contributed by atoms with Crippen LogP contribution in [0.2, 0.25) is 0 Å². The average molecular weight is 351 g/mol. The summed E-state index contributed by atoms with van der Waals surface area (Å²) >= 11 is 1.53. The summed E-state index contributed by atoms with van der Waals surface area (Å²) in [6, 6.07) is 7.19. The van der Waals surface area contributed by atoms with Gasteiger partial charge in [0.25, 0.3) is 0 Å². The molecule has 6 nitrogen and oxygen atoms in total. The third-order valence-electron chi connectivity index (χ3n) is 3.62. The SMILES string of the molecule is CS(=O)(=O)Nc1cccc2c1CCN(C(=O)Nc1ccsc1)C2.